The Bertz CT molecular complexity index is 1250. The Morgan fingerprint density at radius 1 is 1.17 bits per heavy atom. The van der Waals surface area contributed by atoms with Crippen LogP contribution in [0.2, 0.25) is 5.02 Å². The Morgan fingerprint density at radius 3 is 2.83 bits per heavy atom. The second-order valence-corrected chi connectivity index (χ2v) is 6.71. The molecule has 29 heavy (non-hydrogen) atoms. The fourth-order valence-electron chi connectivity index (χ4n) is 3.16. The summed E-state index contributed by atoms with van der Waals surface area (Å²) in [6.45, 7) is 1.88. The SMILES string of the molecule is CCOC(=O)Cn1c(O)c(N=Nc2ccnc3cc(Cl)ccc23)c2ccccc21. The van der Waals surface area contributed by atoms with E-state index in [0.717, 1.165) is 5.39 Å². The number of nitrogens with zero attached hydrogens (tertiary/aromatic N) is 4. The highest BCUT2D eigenvalue weighted by atomic mass is 35.5. The number of benzene rings is 2. The van der Waals surface area contributed by atoms with Crippen LogP contribution in [0.5, 0.6) is 5.88 Å². The zero-order valence-corrected chi connectivity index (χ0v) is 16.3. The summed E-state index contributed by atoms with van der Waals surface area (Å²) in [5, 5.41) is 21.4. The molecular weight excluding hydrogens is 392 g/mol. The van der Waals surface area contributed by atoms with Gasteiger partial charge in [-0.15, -0.1) is 10.2 Å². The number of azo groups is 1. The van der Waals surface area contributed by atoms with Gasteiger partial charge in [-0.3, -0.25) is 14.3 Å². The molecule has 1 N–H and O–H groups in total. The van der Waals surface area contributed by atoms with Gasteiger partial charge in [0, 0.05) is 22.0 Å². The van der Waals surface area contributed by atoms with Crippen LogP contribution in [0, 0.1) is 0 Å². The van der Waals surface area contributed by atoms with Gasteiger partial charge >= 0.3 is 5.97 Å². The quantitative estimate of drug-likeness (QED) is 0.347. The average molecular weight is 409 g/mol. The summed E-state index contributed by atoms with van der Waals surface area (Å²) in [7, 11) is 0. The van der Waals surface area contributed by atoms with Crippen molar-refractivity contribution < 1.29 is 14.6 Å². The van der Waals surface area contributed by atoms with Gasteiger partial charge < -0.3 is 9.84 Å². The molecule has 2 aromatic carbocycles. The van der Waals surface area contributed by atoms with Gasteiger partial charge in [0.15, 0.2) is 5.69 Å². The molecule has 146 valence electrons. The minimum Gasteiger partial charge on any atom is -0.493 e. The molecule has 0 unspecified atom stereocenters. The number of halogens is 1. The van der Waals surface area contributed by atoms with Crippen molar-refractivity contribution in [3.8, 4) is 5.88 Å². The summed E-state index contributed by atoms with van der Waals surface area (Å²) < 4.78 is 6.47. The molecule has 2 aromatic heterocycles. The van der Waals surface area contributed by atoms with E-state index in [1.807, 2.05) is 24.3 Å². The number of carbonyl (C=O) groups excluding carboxylic acids is 1. The molecular formula is C21H17ClN4O3. The molecule has 4 aromatic rings. The predicted molar refractivity (Wildman–Crippen MR) is 111 cm³/mol. The van der Waals surface area contributed by atoms with Crippen LogP contribution >= 0.6 is 11.6 Å². The van der Waals surface area contributed by atoms with Crippen molar-refractivity contribution >= 4 is 50.8 Å². The third-order valence-electron chi connectivity index (χ3n) is 4.45. The van der Waals surface area contributed by atoms with Crippen LogP contribution < -0.4 is 0 Å². The molecule has 4 rings (SSSR count). The van der Waals surface area contributed by atoms with Crippen LogP contribution in [0.3, 0.4) is 0 Å². The van der Waals surface area contributed by atoms with Gasteiger partial charge in [0.2, 0.25) is 5.88 Å². The van der Waals surface area contributed by atoms with Crippen molar-refractivity contribution in [2.24, 2.45) is 10.2 Å². The molecule has 8 heteroatoms. The number of aromatic hydroxyl groups is 1. The Balaban J connectivity index is 1.79. The molecule has 0 aliphatic carbocycles. The number of carbonyl (C=O) groups is 1. The highest BCUT2D eigenvalue weighted by Gasteiger charge is 2.19. The summed E-state index contributed by atoms with van der Waals surface area (Å²) in [5.41, 5.74) is 2.23. The van der Waals surface area contributed by atoms with Gasteiger partial charge in [-0.1, -0.05) is 29.8 Å². The van der Waals surface area contributed by atoms with Crippen molar-refractivity contribution in [1.82, 2.24) is 9.55 Å². The molecule has 2 heterocycles. The summed E-state index contributed by atoms with van der Waals surface area (Å²) in [6.07, 6.45) is 1.62. The smallest absolute Gasteiger partial charge is 0.326 e. The fraction of sp³-hybridized carbons (Fsp3) is 0.143. The molecule has 0 aliphatic rings. The second kappa shape index (κ2) is 7.89. The van der Waals surface area contributed by atoms with Crippen molar-refractivity contribution in [2.75, 3.05) is 6.61 Å². The van der Waals surface area contributed by atoms with E-state index in [1.54, 1.807) is 37.4 Å². The van der Waals surface area contributed by atoms with Crippen molar-refractivity contribution in [2.45, 2.75) is 13.5 Å². The minimum atomic E-state index is -0.441. The summed E-state index contributed by atoms with van der Waals surface area (Å²) in [5.74, 6) is -0.589. The van der Waals surface area contributed by atoms with E-state index < -0.39 is 5.97 Å². The van der Waals surface area contributed by atoms with Crippen molar-refractivity contribution in [3.63, 3.8) is 0 Å². The molecule has 0 bridgehead atoms. The van der Waals surface area contributed by atoms with Crippen molar-refractivity contribution in [3.05, 3.63) is 59.8 Å². The Morgan fingerprint density at radius 2 is 2.00 bits per heavy atom. The first kappa shape index (κ1) is 18.9. The van der Waals surface area contributed by atoms with E-state index in [-0.39, 0.29) is 24.7 Å². The zero-order valence-electron chi connectivity index (χ0n) is 15.5. The molecule has 0 amide bonds. The van der Waals surface area contributed by atoms with E-state index in [0.29, 0.717) is 27.1 Å². The maximum Gasteiger partial charge on any atom is 0.326 e. The monoisotopic (exact) mass is 408 g/mol. The first-order valence-electron chi connectivity index (χ1n) is 9.00. The van der Waals surface area contributed by atoms with Crippen LogP contribution in [0.4, 0.5) is 11.4 Å². The highest BCUT2D eigenvalue weighted by molar-refractivity contribution is 6.31. The maximum absolute atomic E-state index is 11.9. The molecule has 0 spiro atoms. The lowest BCUT2D eigenvalue weighted by atomic mass is 10.2. The van der Waals surface area contributed by atoms with Gasteiger partial charge in [0.1, 0.15) is 6.54 Å². The van der Waals surface area contributed by atoms with Crippen LogP contribution in [0.25, 0.3) is 21.8 Å². The molecule has 0 saturated carbocycles. The highest BCUT2D eigenvalue weighted by Crippen LogP contribution is 2.40. The molecule has 0 atom stereocenters. The summed E-state index contributed by atoms with van der Waals surface area (Å²) in [4.78, 5) is 16.2. The van der Waals surface area contributed by atoms with Gasteiger partial charge in [-0.25, -0.2) is 0 Å². The molecule has 7 nitrogen and oxygen atoms in total. The fourth-order valence-corrected chi connectivity index (χ4v) is 3.33. The number of hydrogen-bond acceptors (Lipinski definition) is 6. The first-order valence-corrected chi connectivity index (χ1v) is 9.38. The summed E-state index contributed by atoms with van der Waals surface area (Å²) in [6, 6.07) is 14.3. The minimum absolute atomic E-state index is 0.119. The van der Waals surface area contributed by atoms with Crippen molar-refractivity contribution in [1.29, 1.82) is 0 Å². The predicted octanol–water partition coefficient (Wildman–Crippen LogP) is 5.53. The lowest BCUT2D eigenvalue weighted by Gasteiger charge is -2.06. The maximum atomic E-state index is 11.9. The van der Waals surface area contributed by atoms with Gasteiger partial charge in [-0.05, 0) is 37.3 Å². The van der Waals surface area contributed by atoms with Crippen LogP contribution in [-0.2, 0) is 16.1 Å². The molecule has 0 fully saturated rings. The third-order valence-corrected chi connectivity index (χ3v) is 4.68. The molecule has 0 saturated heterocycles. The lowest BCUT2D eigenvalue weighted by molar-refractivity contribution is -0.143. The zero-order chi connectivity index (χ0) is 20.4. The van der Waals surface area contributed by atoms with E-state index in [1.165, 1.54) is 4.57 Å². The Kier molecular flexibility index (Phi) is 5.14. The molecule has 0 aliphatic heterocycles. The number of pyridine rings is 1. The number of para-hydroxylation sites is 1. The van der Waals surface area contributed by atoms with E-state index in [4.69, 9.17) is 16.3 Å². The lowest BCUT2D eigenvalue weighted by Crippen LogP contribution is -2.12. The second-order valence-electron chi connectivity index (χ2n) is 6.27. The van der Waals surface area contributed by atoms with Crippen LogP contribution in [-0.4, -0.2) is 27.2 Å². The summed E-state index contributed by atoms with van der Waals surface area (Å²) >= 11 is 6.03. The van der Waals surface area contributed by atoms with Gasteiger partial charge in [0.25, 0.3) is 0 Å². The van der Waals surface area contributed by atoms with E-state index >= 15 is 0 Å². The number of fused-ring (bicyclic) bond motifs is 2. The number of rotatable bonds is 5. The topological polar surface area (TPSA) is 89.1 Å². The molecule has 0 radical (unpaired) electrons. The Labute approximate surface area is 171 Å². The van der Waals surface area contributed by atoms with Crippen LogP contribution in [0.1, 0.15) is 6.92 Å². The number of ether oxygens (including phenoxy) is 1. The normalized spacial score (nSPS) is 11.5. The van der Waals surface area contributed by atoms with Gasteiger partial charge in [0.05, 0.1) is 23.3 Å². The van der Waals surface area contributed by atoms with E-state index in [2.05, 4.69) is 15.2 Å². The standard InChI is InChI=1S/C21H17ClN4O3/c1-2-29-19(27)12-26-18-6-4-3-5-15(18)20(21(26)28)25-24-16-9-10-23-17-11-13(22)7-8-14(16)17/h3-11,28H,2,12H2,1H3. The van der Waals surface area contributed by atoms with Crippen LogP contribution in [0.15, 0.2) is 65.0 Å². The largest absolute Gasteiger partial charge is 0.493 e. The number of aromatic nitrogens is 2. The Hall–Kier alpha value is -3.45. The average Bonchev–Trinajstić information content (AvgIpc) is 2.97. The number of hydrogen-bond donors (Lipinski definition) is 1. The van der Waals surface area contributed by atoms with E-state index in [9.17, 15) is 9.90 Å². The van der Waals surface area contributed by atoms with Gasteiger partial charge in [-0.2, -0.15) is 0 Å². The first-order chi connectivity index (χ1) is 14.1. The number of esters is 1. The third kappa shape index (κ3) is 3.64.